The molecule has 0 radical (unpaired) electrons. The third-order valence-electron chi connectivity index (χ3n) is 2.94. The number of rotatable bonds is 4. The normalized spacial score (nSPS) is 11.1. The predicted octanol–water partition coefficient (Wildman–Crippen LogP) is 2.68. The summed E-state index contributed by atoms with van der Waals surface area (Å²) < 4.78 is 8.25. The lowest BCUT2D eigenvalue weighted by Gasteiger charge is -2.04. The first-order valence-corrected chi connectivity index (χ1v) is 6.30. The summed E-state index contributed by atoms with van der Waals surface area (Å²) in [4.78, 5) is 0. The standard InChI is InChI=1S/C12H16BrN3O/c1-8-10(9(2)16(3)15-8)6-14-7-12-11(13)4-5-17-12/h4-5,14H,6-7H2,1-3H3. The molecule has 0 aliphatic carbocycles. The zero-order valence-corrected chi connectivity index (χ0v) is 11.8. The van der Waals surface area contributed by atoms with Crippen LogP contribution >= 0.6 is 15.9 Å². The van der Waals surface area contributed by atoms with Crippen LogP contribution in [-0.4, -0.2) is 9.78 Å². The van der Waals surface area contributed by atoms with Crippen LogP contribution in [0.5, 0.6) is 0 Å². The fraction of sp³-hybridized carbons (Fsp3) is 0.417. The topological polar surface area (TPSA) is 43.0 Å². The van der Waals surface area contributed by atoms with E-state index in [1.807, 2.05) is 24.7 Å². The average molecular weight is 298 g/mol. The van der Waals surface area contributed by atoms with E-state index in [0.29, 0.717) is 6.54 Å². The maximum absolute atomic E-state index is 5.34. The molecule has 0 saturated carbocycles. The van der Waals surface area contributed by atoms with Crippen LogP contribution in [0, 0.1) is 13.8 Å². The van der Waals surface area contributed by atoms with Crippen molar-refractivity contribution in [2.45, 2.75) is 26.9 Å². The number of furan rings is 1. The van der Waals surface area contributed by atoms with Crippen LogP contribution < -0.4 is 5.32 Å². The molecule has 0 fully saturated rings. The Hall–Kier alpha value is -1.07. The summed E-state index contributed by atoms with van der Waals surface area (Å²) in [5, 5.41) is 7.75. The molecule has 2 rings (SSSR count). The molecule has 2 heterocycles. The summed E-state index contributed by atoms with van der Waals surface area (Å²) in [6, 6.07) is 1.90. The third-order valence-corrected chi connectivity index (χ3v) is 3.64. The minimum atomic E-state index is 0.710. The maximum atomic E-state index is 5.34. The molecule has 0 saturated heterocycles. The number of halogens is 1. The van der Waals surface area contributed by atoms with Gasteiger partial charge in [-0.3, -0.25) is 4.68 Å². The Morgan fingerprint density at radius 1 is 1.41 bits per heavy atom. The van der Waals surface area contributed by atoms with Crippen LogP contribution in [0.4, 0.5) is 0 Å². The van der Waals surface area contributed by atoms with Gasteiger partial charge in [-0.15, -0.1) is 0 Å². The first-order chi connectivity index (χ1) is 8.09. The third kappa shape index (κ3) is 2.61. The Kier molecular flexibility index (Phi) is 3.69. The van der Waals surface area contributed by atoms with Crippen molar-refractivity contribution in [2.75, 3.05) is 0 Å². The Morgan fingerprint density at radius 3 is 2.71 bits per heavy atom. The minimum absolute atomic E-state index is 0.710. The molecule has 0 aliphatic heterocycles. The fourth-order valence-corrected chi connectivity index (χ4v) is 2.17. The van der Waals surface area contributed by atoms with Gasteiger partial charge in [0.2, 0.25) is 0 Å². The molecule has 5 heteroatoms. The highest BCUT2D eigenvalue weighted by Gasteiger charge is 2.09. The molecule has 0 aliphatic rings. The number of aromatic nitrogens is 2. The van der Waals surface area contributed by atoms with Gasteiger partial charge in [-0.25, -0.2) is 0 Å². The van der Waals surface area contributed by atoms with Gasteiger partial charge < -0.3 is 9.73 Å². The van der Waals surface area contributed by atoms with Crippen LogP contribution in [0.1, 0.15) is 22.7 Å². The van der Waals surface area contributed by atoms with Gasteiger partial charge in [0.25, 0.3) is 0 Å². The van der Waals surface area contributed by atoms with Crippen molar-refractivity contribution >= 4 is 15.9 Å². The Labute approximate surface area is 109 Å². The highest BCUT2D eigenvalue weighted by molar-refractivity contribution is 9.10. The summed E-state index contributed by atoms with van der Waals surface area (Å²) in [5.41, 5.74) is 3.54. The number of nitrogens with zero attached hydrogens (tertiary/aromatic N) is 2. The van der Waals surface area contributed by atoms with Crippen molar-refractivity contribution in [3.63, 3.8) is 0 Å². The molecule has 1 N–H and O–H groups in total. The van der Waals surface area contributed by atoms with Gasteiger partial charge in [-0.2, -0.15) is 5.10 Å². The van der Waals surface area contributed by atoms with E-state index in [-0.39, 0.29) is 0 Å². The summed E-state index contributed by atoms with van der Waals surface area (Å²) >= 11 is 3.44. The van der Waals surface area contributed by atoms with Gasteiger partial charge in [-0.05, 0) is 35.8 Å². The molecular formula is C12H16BrN3O. The van der Waals surface area contributed by atoms with Crippen molar-refractivity contribution in [1.82, 2.24) is 15.1 Å². The molecule has 0 unspecified atom stereocenters. The number of hydrogen-bond acceptors (Lipinski definition) is 3. The van der Waals surface area contributed by atoms with E-state index in [9.17, 15) is 0 Å². The van der Waals surface area contributed by atoms with Crippen molar-refractivity contribution in [2.24, 2.45) is 7.05 Å². The van der Waals surface area contributed by atoms with E-state index in [1.54, 1.807) is 6.26 Å². The van der Waals surface area contributed by atoms with Gasteiger partial charge in [0.1, 0.15) is 5.76 Å². The van der Waals surface area contributed by atoms with Gasteiger partial charge in [0.15, 0.2) is 0 Å². The second-order valence-corrected chi connectivity index (χ2v) is 4.92. The van der Waals surface area contributed by atoms with Gasteiger partial charge in [0.05, 0.1) is 23.0 Å². The second-order valence-electron chi connectivity index (χ2n) is 4.07. The van der Waals surface area contributed by atoms with E-state index in [4.69, 9.17) is 4.42 Å². The average Bonchev–Trinajstić information content (AvgIpc) is 2.78. The van der Waals surface area contributed by atoms with Crippen LogP contribution in [0.2, 0.25) is 0 Å². The number of nitrogens with one attached hydrogen (secondary N) is 1. The largest absolute Gasteiger partial charge is 0.467 e. The van der Waals surface area contributed by atoms with Gasteiger partial charge in [-0.1, -0.05) is 0 Å². The molecule has 2 aromatic rings. The molecule has 0 spiro atoms. The molecule has 4 nitrogen and oxygen atoms in total. The molecule has 0 amide bonds. The zero-order valence-electron chi connectivity index (χ0n) is 10.2. The lowest BCUT2D eigenvalue weighted by atomic mass is 10.2. The highest BCUT2D eigenvalue weighted by atomic mass is 79.9. The van der Waals surface area contributed by atoms with Crippen molar-refractivity contribution in [1.29, 1.82) is 0 Å². The van der Waals surface area contributed by atoms with E-state index in [1.165, 1.54) is 11.3 Å². The molecule has 17 heavy (non-hydrogen) atoms. The maximum Gasteiger partial charge on any atom is 0.131 e. The molecule has 0 bridgehead atoms. The van der Waals surface area contributed by atoms with E-state index in [0.717, 1.165) is 22.5 Å². The Balaban J connectivity index is 1.97. The molecular weight excluding hydrogens is 282 g/mol. The molecule has 0 aromatic carbocycles. The quantitative estimate of drug-likeness (QED) is 0.943. The van der Waals surface area contributed by atoms with Crippen molar-refractivity contribution in [3.05, 3.63) is 39.5 Å². The first-order valence-electron chi connectivity index (χ1n) is 5.51. The van der Waals surface area contributed by atoms with Crippen LogP contribution in [0.3, 0.4) is 0 Å². The van der Waals surface area contributed by atoms with Crippen LogP contribution in [0.15, 0.2) is 21.2 Å². The number of aryl methyl sites for hydroxylation is 2. The van der Waals surface area contributed by atoms with E-state index < -0.39 is 0 Å². The summed E-state index contributed by atoms with van der Waals surface area (Å²) in [5.74, 6) is 0.921. The van der Waals surface area contributed by atoms with E-state index in [2.05, 4.69) is 33.3 Å². The smallest absolute Gasteiger partial charge is 0.131 e. The lowest BCUT2D eigenvalue weighted by Crippen LogP contribution is -2.13. The summed E-state index contributed by atoms with van der Waals surface area (Å²) in [6.45, 7) is 5.63. The zero-order chi connectivity index (χ0) is 12.4. The van der Waals surface area contributed by atoms with Crippen LogP contribution in [-0.2, 0) is 20.1 Å². The SMILES string of the molecule is Cc1nn(C)c(C)c1CNCc1occc1Br. The van der Waals surface area contributed by atoms with Gasteiger partial charge >= 0.3 is 0 Å². The monoisotopic (exact) mass is 297 g/mol. The second kappa shape index (κ2) is 5.06. The summed E-state index contributed by atoms with van der Waals surface area (Å²) in [6.07, 6.45) is 1.68. The van der Waals surface area contributed by atoms with Crippen LogP contribution in [0.25, 0.3) is 0 Å². The highest BCUT2D eigenvalue weighted by Crippen LogP contribution is 2.17. The molecule has 0 atom stereocenters. The molecule has 92 valence electrons. The van der Waals surface area contributed by atoms with Crippen molar-refractivity contribution < 1.29 is 4.42 Å². The lowest BCUT2D eigenvalue weighted by molar-refractivity contribution is 0.480. The number of hydrogen-bond donors (Lipinski definition) is 1. The van der Waals surface area contributed by atoms with Crippen molar-refractivity contribution in [3.8, 4) is 0 Å². The Bertz CT molecular complexity index is 516. The Morgan fingerprint density at radius 2 is 2.18 bits per heavy atom. The fourth-order valence-electron chi connectivity index (χ4n) is 1.83. The predicted molar refractivity (Wildman–Crippen MR) is 69.6 cm³/mol. The summed E-state index contributed by atoms with van der Waals surface area (Å²) in [7, 11) is 1.97. The first kappa shape index (κ1) is 12.4. The van der Waals surface area contributed by atoms with E-state index >= 15 is 0 Å². The van der Waals surface area contributed by atoms with Gasteiger partial charge in [0, 0.05) is 24.8 Å². The molecule has 2 aromatic heterocycles. The minimum Gasteiger partial charge on any atom is -0.467 e.